The second-order valence-electron chi connectivity index (χ2n) is 6.39. The van der Waals surface area contributed by atoms with Crippen molar-refractivity contribution in [2.75, 3.05) is 0 Å². The van der Waals surface area contributed by atoms with Gasteiger partial charge in [-0.25, -0.2) is 0 Å². The van der Waals surface area contributed by atoms with Gasteiger partial charge >= 0.3 is 5.97 Å². The summed E-state index contributed by atoms with van der Waals surface area (Å²) < 4.78 is 5.53. The summed E-state index contributed by atoms with van der Waals surface area (Å²) in [5.74, 6) is 0.376. The van der Waals surface area contributed by atoms with Crippen LogP contribution in [0.3, 0.4) is 0 Å². The number of rotatable bonds is 3. The molecule has 0 fully saturated rings. The molecule has 0 N–H and O–H groups in total. The molecule has 3 aromatic carbocycles. The van der Waals surface area contributed by atoms with Crippen molar-refractivity contribution in [2.45, 2.75) is 18.8 Å². The Bertz CT molecular complexity index is 851. The monoisotopic (exact) mass is 314 g/mol. The number of fused-ring (bicyclic) bond motifs is 3. The van der Waals surface area contributed by atoms with E-state index in [0.717, 1.165) is 0 Å². The van der Waals surface area contributed by atoms with E-state index < -0.39 is 0 Å². The molecular formula is C22H18O2. The summed E-state index contributed by atoms with van der Waals surface area (Å²) in [5, 5.41) is 0. The first-order chi connectivity index (χ1) is 11.7. The summed E-state index contributed by atoms with van der Waals surface area (Å²) in [6, 6.07) is 25.9. The number of benzene rings is 3. The number of hydrogen-bond acceptors (Lipinski definition) is 2. The van der Waals surface area contributed by atoms with Gasteiger partial charge in [0.1, 0.15) is 5.75 Å². The van der Waals surface area contributed by atoms with Gasteiger partial charge in [0, 0.05) is 5.41 Å². The van der Waals surface area contributed by atoms with Crippen LogP contribution in [0.1, 0.15) is 24.5 Å². The Labute approximate surface area is 141 Å². The van der Waals surface area contributed by atoms with Gasteiger partial charge in [0.25, 0.3) is 0 Å². The molecular weight excluding hydrogens is 296 g/mol. The summed E-state index contributed by atoms with van der Waals surface area (Å²) in [4.78, 5) is 12.6. The number of esters is 1. The first-order valence-corrected chi connectivity index (χ1v) is 8.13. The lowest BCUT2D eigenvalue weighted by atomic mass is 9.77. The summed E-state index contributed by atoms with van der Waals surface area (Å²) in [6.45, 7) is 2.13. The zero-order chi connectivity index (χ0) is 16.6. The molecule has 118 valence electrons. The molecule has 4 rings (SSSR count). The zero-order valence-electron chi connectivity index (χ0n) is 13.5. The quantitative estimate of drug-likeness (QED) is 0.504. The Kier molecular flexibility index (Phi) is 3.46. The minimum Gasteiger partial charge on any atom is -0.426 e. The SMILES string of the molecule is CC1(CC(=O)Oc2ccccc2)c2ccccc2-c2ccccc21. The van der Waals surface area contributed by atoms with E-state index >= 15 is 0 Å². The second-order valence-corrected chi connectivity index (χ2v) is 6.39. The highest BCUT2D eigenvalue weighted by Gasteiger charge is 2.40. The van der Waals surface area contributed by atoms with Gasteiger partial charge < -0.3 is 4.74 Å². The van der Waals surface area contributed by atoms with Crippen molar-refractivity contribution < 1.29 is 9.53 Å². The fraction of sp³-hybridized carbons (Fsp3) is 0.136. The van der Waals surface area contributed by atoms with Crippen LogP contribution in [0.2, 0.25) is 0 Å². The fourth-order valence-electron chi connectivity index (χ4n) is 3.68. The smallest absolute Gasteiger partial charge is 0.312 e. The molecule has 0 aliphatic heterocycles. The maximum atomic E-state index is 12.6. The normalized spacial score (nSPS) is 13.9. The minimum absolute atomic E-state index is 0.213. The van der Waals surface area contributed by atoms with E-state index in [9.17, 15) is 4.79 Å². The number of para-hydroxylation sites is 1. The highest BCUT2D eigenvalue weighted by Crippen LogP contribution is 2.50. The third kappa shape index (κ3) is 2.31. The number of carbonyl (C=O) groups excluding carboxylic acids is 1. The topological polar surface area (TPSA) is 26.3 Å². The van der Waals surface area contributed by atoms with Crippen LogP contribution in [-0.4, -0.2) is 5.97 Å². The molecule has 2 heteroatoms. The molecule has 0 bridgehead atoms. The number of carbonyl (C=O) groups is 1. The van der Waals surface area contributed by atoms with Gasteiger partial charge in [0.05, 0.1) is 6.42 Å². The average molecular weight is 314 g/mol. The molecule has 0 radical (unpaired) electrons. The predicted molar refractivity (Wildman–Crippen MR) is 95.0 cm³/mol. The van der Waals surface area contributed by atoms with Crippen LogP contribution in [0.15, 0.2) is 78.9 Å². The highest BCUT2D eigenvalue weighted by atomic mass is 16.5. The lowest BCUT2D eigenvalue weighted by Crippen LogP contribution is -2.27. The van der Waals surface area contributed by atoms with Crippen molar-refractivity contribution in [1.29, 1.82) is 0 Å². The predicted octanol–water partition coefficient (Wildman–Crippen LogP) is 4.97. The minimum atomic E-state index is -0.362. The van der Waals surface area contributed by atoms with E-state index in [2.05, 4.69) is 31.2 Å². The molecule has 0 atom stereocenters. The molecule has 0 amide bonds. The lowest BCUT2D eigenvalue weighted by Gasteiger charge is -2.26. The Hall–Kier alpha value is -2.87. The van der Waals surface area contributed by atoms with Crippen LogP contribution in [0.4, 0.5) is 0 Å². The molecule has 0 unspecified atom stereocenters. The van der Waals surface area contributed by atoms with E-state index in [1.807, 2.05) is 42.5 Å². The Balaban J connectivity index is 1.70. The molecule has 1 aliphatic rings. The van der Waals surface area contributed by atoms with Gasteiger partial charge in [-0.2, -0.15) is 0 Å². The van der Waals surface area contributed by atoms with Crippen molar-refractivity contribution in [1.82, 2.24) is 0 Å². The van der Waals surface area contributed by atoms with Crippen LogP contribution < -0.4 is 4.74 Å². The third-order valence-corrected chi connectivity index (χ3v) is 4.81. The van der Waals surface area contributed by atoms with Crippen molar-refractivity contribution in [3.05, 3.63) is 90.0 Å². The Morgan fingerprint density at radius 2 is 1.29 bits per heavy atom. The fourth-order valence-corrected chi connectivity index (χ4v) is 3.68. The molecule has 24 heavy (non-hydrogen) atoms. The molecule has 0 aromatic heterocycles. The standard InChI is InChI=1S/C22H18O2/c1-22(15-21(23)24-16-9-3-2-4-10-16)19-13-7-5-11-17(19)18-12-6-8-14-20(18)22/h2-14H,15H2,1H3. The van der Waals surface area contributed by atoms with Gasteiger partial charge in [-0.1, -0.05) is 73.7 Å². The van der Waals surface area contributed by atoms with Crippen molar-refractivity contribution >= 4 is 5.97 Å². The summed E-state index contributed by atoms with van der Waals surface area (Å²) in [5.41, 5.74) is 4.44. The van der Waals surface area contributed by atoms with E-state index in [1.54, 1.807) is 12.1 Å². The molecule has 0 spiro atoms. The lowest BCUT2D eigenvalue weighted by molar-refractivity contribution is -0.135. The van der Waals surface area contributed by atoms with E-state index in [1.165, 1.54) is 22.3 Å². The van der Waals surface area contributed by atoms with Gasteiger partial charge in [-0.3, -0.25) is 4.79 Å². The summed E-state index contributed by atoms with van der Waals surface area (Å²) in [7, 11) is 0. The number of ether oxygens (including phenoxy) is 1. The molecule has 1 aliphatic carbocycles. The van der Waals surface area contributed by atoms with Crippen molar-refractivity contribution in [3.63, 3.8) is 0 Å². The van der Waals surface area contributed by atoms with Crippen LogP contribution in [0, 0.1) is 0 Å². The largest absolute Gasteiger partial charge is 0.426 e. The van der Waals surface area contributed by atoms with Crippen LogP contribution >= 0.6 is 0 Å². The van der Waals surface area contributed by atoms with E-state index in [4.69, 9.17) is 4.74 Å². The maximum Gasteiger partial charge on any atom is 0.312 e. The molecule has 2 nitrogen and oxygen atoms in total. The Morgan fingerprint density at radius 3 is 1.88 bits per heavy atom. The molecule has 0 saturated heterocycles. The maximum absolute atomic E-state index is 12.6. The number of hydrogen-bond donors (Lipinski definition) is 0. The van der Waals surface area contributed by atoms with E-state index in [0.29, 0.717) is 12.2 Å². The van der Waals surface area contributed by atoms with Gasteiger partial charge in [0.15, 0.2) is 0 Å². The van der Waals surface area contributed by atoms with Crippen LogP contribution in [-0.2, 0) is 10.2 Å². The molecule has 0 saturated carbocycles. The molecule has 0 heterocycles. The van der Waals surface area contributed by atoms with Crippen LogP contribution in [0.5, 0.6) is 5.75 Å². The first-order valence-electron chi connectivity index (χ1n) is 8.13. The van der Waals surface area contributed by atoms with Gasteiger partial charge in [0.2, 0.25) is 0 Å². The van der Waals surface area contributed by atoms with E-state index in [-0.39, 0.29) is 11.4 Å². The summed E-state index contributed by atoms with van der Waals surface area (Å²) >= 11 is 0. The Morgan fingerprint density at radius 1 is 0.792 bits per heavy atom. The average Bonchev–Trinajstić information content (AvgIpc) is 2.86. The van der Waals surface area contributed by atoms with Crippen LogP contribution in [0.25, 0.3) is 11.1 Å². The third-order valence-electron chi connectivity index (χ3n) is 4.81. The van der Waals surface area contributed by atoms with Crippen molar-refractivity contribution in [2.24, 2.45) is 0 Å². The summed E-state index contributed by atoms with van der Waals surface area (Å²) in [6.07, 6.45) is 0.315. The first kappa shape index (κ1) is 14.7. The highest BCUT2D eigenvalue weighted by molar-refractivity contribution is 5.85. The molecule has 3 aromatic rings. The van der Waals surface area contributed by atoms with Crippen molar-refractivity contribution in [3.8, 4) is 16.9 Å². The van der Waals surface area contributed by atoms with Gasteiger partial charge in [-0.05, 0) is 34.4 Å². The zero-order valence-corrected chi connectivity index (χ0v) is 13.5. The van der Waals surface area contributed by atoms with Gasteiger partial charge in [-0.15, -0.1) is 0 Å². The second kappa shape index (κ2) is 5.64.